The summed E-state index contributed by atoms with van der Waals surface area (Å²) in [6, 6.07) is 9.81. The predicted molar refractivity (Wildman–Crippen MR) is 126 cm³/mol. The van der Waals surface area contributed by atoms with Crippen LogP contribution in [-0.2, 0) is 19.6 Å². The molecule has 2 aliphatic heterocycles. The predicted octanol–water partition coefficient (Wildman–Crippen LogP) is 3.80. The third kappa shape index (κ3) is 4.85. The first-order chi connectivity index (χ1) is 15.7. The van der Waals surface area contributed by atoms with E-state index < -0.39 is 16.1 Å². The number of halogens is 1. The highest BCUT2D eigenvalue weighted by molar-refractivity contribution is 7.89. The van der Waals surface area contributed by atoms with Crippen LogP contribution in [0.2, 0.25) is 5.02 Å². The Kier molecular flexibility index (Phi) is 6.65. The average molecular weight is 492 g/mol. The van der Waals surface area contributed by atoms with Crippen LogP contribution < -0.4 is 15.4 Å². The largest absolute Gasteiger partial charge is 0.478 e. The molecule has 33 heavy (non-hydrogen) atoms. The van der Waals surface area contributed by atoms with Gasteiger partial charge in [-0.15, -0.1) is 0 Å². The first kappa shape index (κ1) is 23.5. The average Bonchev–Trinajstić information content (AvgIpc) is 2.80. The Labute approximate surface area is 198 Å². The highest BCUT2D eigenvalue weighted by atomic mass is 35.5. The van der Waals surface area contributed by atoms with Crippen molar-refractivity contribution < 1.29 is 22.7 Å². The fourth-order valence-electron chi connectivity index (χ4n) is 3.98. The Hall–Kier alpha value is -2.62. The minimum atomic E-state index is -3.77. The lowest BCUT2D eigenvalue weighted by Gasteiger charge is -2.31. The maximum absolute atomic E-state index is 13.2. The number of hydrogen-bond acceptors (Lipinski definition) is 5. The summed E-state index contributed by atoms with van der Waals surface area (Å²) in [5, 5.41) is 6.16. The van der Waals surface area contributed by atoms with Gasteiger partial charge in [0.25, 0.3) is 5.91 Å². The van der Waals surface area contributed by atoms with Crippen LogP contribution in [0.3, 0.4) is 0 Å². The Balaban J connectivity index is 1.41. The number of aryl methyl sites for hydroxylation is 1. The number of amides is 2. The number of benzene rings is 2. The summed E-state index contributed by atoms with van der Waals surface area (Å²) < 4.78 is 33.4. The lowest BCUT2D eigenvalue weighted by atomic mass is 9.97. The maximum atomic E-state index is 13.2. The van der Waals surface area contributed by atoms with Crippen molar-refractivity contribution in [2.45, 2.75) is 44.1 Å². The highest BCUT2D eigenvalue weighted by Gasteiger charge is 2.34. The van der Waals surface area contributed by atoms with Crippen molar-refractivity contribution in [1.29, 1.82) is 0 Å². The molecule has 2 heterocycles. The second-order valence-corrected chi connectivity index (χ2v) is 10.6. The van der Waals surface area contributed by atoms with Gasteiger partial charge in [-0.1, -0.05) is 24.6 Å². The quantitative estimate of drug-likeness (QED) is 0.662. The molecule has 0 aliphatic carbocycles. The number of anilines is 2. The first-order valence-electron chi connectivity index (χ1n) is 10.9. The molecule has 1 fully saturated rings. The highest BCUT2D eigenvalue weighted by Crippen LogP contribution is 2.34. The molecule has 4 rings (SSSR count). The molecule has 1 unspecified atom stereocenters. The van der Waals surface area contributed by atoms with E-state index in [-0.39, 0.29) is 35.7 Å². The zero-order chi connectivity index (χ0) is 23.8. The van der Waals surface area contributed by atoms with Gasteiger partial charge < -0.3 is 15.4 Å². The molecule has 0 saturated carbocycles. The number of rotatable bonds is 5. The molecule has 2 aliphatic rings. The van der Waals surface area contributed by atoms with Gasteiger partial charge in [-0.25, -0.2) is 8.42 Å². The standard InChI is InChI=1S/C23H26ClN3O5S/c1-3-20-23(29)26-19-13-17(6-7-21(19)32-20)33(30,31)27-10-8-15(9-11-27)22(28)25-16-5-4-14(2)18(24)12-16/h4-7,12-13,15,20H,3,8-11H2,1-2H3,(H,25,28)(H,26,29). The summed E-state index contributed by atoms with van der Waals surface area (Å²) >= 11 is 6.12. The van der Waals surface area contributed by atoms with Crippen molar-refractivity contribution in [2.75, 3.05) is 23.7 Å². The van der Waals surface area contributed by atoms with Crippen LogP contribution in [0.15, 0.2) is 41.3 Å². The molecule has 10 heteroatoms. The Bertz CT molecular complexity index is 1190. The van der Waals surface area contributed by atoms with Crippen LogP contribution >= 0.6 is 11.6 Å². The molecule has 8 nitrogen and oxygen atoms in total. The summed E-state index contributed by atoms with van der Waals surface area (Å²) in [4.78, 5) is 24.8. The lowest BCUT2D eigenvalue weighted by Crippen LogP contribution is -2.41. The second kappa shape index (κ2) is 9.32. The summed E-state index contributed by atoms with van der Waals surface area (Å²) in [5.74, 6) is -0.280. The molecule has 0 bridgehead atoms. The van der Waals surface area contributed by atoms with Gasteiger partial charge in [-0.05, 0) is 62.1 Å². The number of nitrogens with zero attached hydrogens (tertiary/aromatic N) is 1. The molecule has 2 N–H and O–H groups in total. The van der Waals surface area contributed by atoms with Crippen LogP contribution in [0.4, 0.5) is 11.4 Å². The monoisotopic (exact) mass is 491 g/mol. The van der Waals surface area contributed by atoms with E-state index in [2.05, 4.69) is 10.6 Å². The molecule has 1 saturated heterocycles. The van der Waals surface area contributed by atoms with Crippen molar-refractivity contribution in [3.8, 4) is 5.75 Å². The van der Waals surface area contributed by atoms with E-state index in [1.54, 1.807) is 18.2 Å². The van der Waals surface area contributed by atoms with Gasteiger partial charge in [0.1, 0.15) is 5.75 Å². The zero-order valence-corrected chi connectivity index (χ0v) is 20.0. The molecular formula is C23H26ClN3O5S. The summed E-state index contributed by atoms with van der Waals surface area (Å²) in [7, 11) is -3.77. The number of carbonyl (C=O) groups excluding carboxylic acids is 2. The fourth-order valence-corrected chi connectivity index (χ4v) is 5.66. The van der Waals surface area contributed by atoms with Crippen LogP contribution in [0.25, 0.3) is 0 Å². The van der Waals surface area contributed by atoms with E-state index in [4.69, 9.17) is 16.3 Å². The van der Waals surface area contributed by atoms with Gasteiger partial charge in [0.2, 0.25) is 15.9 Å². The summed E-state index contributed by atoms with van der Waals surface area (Å²) in [5.41, 5.74) is 1.89. The third-order valence-corrected chi connectivity index (χ3v) is 8.35. The molecule has 176 valence electrons. The van der Waals surface area contributed by atoms with E-state index in [0.29, 0.717) is 41.4 Å². The number of carbonyl (C=O) groups is 2. The van der Waals surface area contributed by atoms with E-state index in [1.807, 2.05) is 19.9 Å². The van der Waals surface area contributed by atoms with Gasteiger partial charge in [0.15, 0.2) is 6.10 Å². The van der Waals surface area contributed by atoms with Crippen molar-refractivity contribution in [1.82, 2.24) is 4.31 Å². The number of piperidine rings is 1. The van der Waals surface area contributed by atoms with E-state index in [0.717, 1.165) is 5.56 Å². The first-order valence-corrected chi connectivity index (χ1v) is 12.7. The molecule has 0 radical (unpaired) electrons. The van der Waals surface area contributed by atoms with Crippen molar-refractivity contribution in [2.24, 2.45) is 5.92 Å². The number of nitrogens with one attached hydrogen (secondary N) is 2. The van der Waals surface area contributed by atoms with Crippen LogP contribution in [0, 0.1) is 12.8 Å². The second-order valence-electron chi connectivity index (χ2n) is 8.29. The maximum Gasteiger partial charge on any atom is 0.265 e. The lowest BCUT2D eigenvalue weighted by molar-refractivity contribution is -0.123. The number of hydrogen-bond donors (Lipinski definition) is 2. The molecule has 2 aromatic carbocycles. The van der Waals surface area contributed by atoms with Crippen molar-refractivity contribution in [3.63, 3.8) is 0 Å². The Morgan fingerprint density at radius 2 is 1.94 bits per heavy atom. The summed E-state index contributed by atoms with van der Waals surface area (Å²) in [6.45, 7) is 4.18. The van der Waals surface area contributed by atoms with Gasteiger partial charge >= 0.3 is 0 Å². The van der Waals surface area contributed by atoms with Gasteiger partial charge in [0.05, 0.1) is 10.6 Å². The number of ether oxygens (including phenoxy) is 1. The van der Waals surface area contributed by atoms with Crippen molar-refractivity contribution >= 4 is 44.8 Å². The third-order valence-electron chi connectivity index (χ3n) is 6.04. The molecule has 2 aromatic rings. The van der Waals surface area contributed by atoms with Gasteiger partial charge in [0, 0.05) is 29.7 Å². The fraction of sp³-hybridized carbons (Fsp3) is 0.391. The van der Waals surface area contributed by atoms with Gasteiger partial charge in [-0.2, -0.15) is 4.31 Å². The molecule has 1 atom stereocenters. The van der Waals surface area contributed by atoms with E-state index >= 15 is 0 Å². The number of sulfonamides is 1. The Morgan fingerprint density at radius 1 is 1.21 bits per heavy atom. The number of fused-ring (bicyclic) bond motifs is 1. The minimum Gasteiger partial charge on any atom is -0.478 e. The molecule has 0 spiro atoms. The van der Waals surface area contributed by atoms with Crippen LogP contribution in [0.5, 0.6) is 5.75 Å². The van der Waals surface area contributed by atoms with E-state index in [9.17, 15) is 18.0 Å². The van der Waals surface area contributed by atoms with Crippen molar-refractivity contribution in [3.05, 3.63) is 47.0 Å². The Morgan fingerprint density at radius 3 is 2.61 bits per heavy atom. The molecule has 0 aromatic heterocycles. The minimum absolute atomic E-state index is 0.0808. The zero-order valence-electron chi connectivity index (χ0n) is 18.4. The topological polar surface area (TPSA) is 105 Å². The smallest absolute Gasteiger partial charge is 0.265 e. The normalized spacial score (nSPS) is 19.4. The van der Waals surface area contributed by atoms with Gasteiger partial charge in [-0.3, -0.25) is 9.59 Å². The SMILES string of the molecule is CCC1Oc2ccc(S(=O)(=O)N3CCC(C(=O)Nc4ccc(C)c(Cl)c4)CC3)cc2NC1=O. The summed E-state index contributed by atoms with van der Waals surface area (Å²) in [6.07, 6.45) is 0.757. The van der Waals surface area contributed by atoms with E-state index in [1.165, 1.54) is 16.4 Å². The molecule has 2 amide bonds. The van der Waals surface area contributed by atoms with Crippen LogP contribution in [0.1, 0.15) is 31.7 Å². The van der Waals surface area contributed by atoms with Crippen LogP contribution in [-0.4, -0.2) is 43.7 Å². The molecular weight excluding hydrogens is 466 g/mol.